The Bertz CT molecular complexity index is 464. The molecule has 0 N–H and O–H groups in total. The first kappa shape index (κ1) is 10.4. The predicted molar refractivity (Wildman–Crippen MR) is 59.5 cm³/mol. The number of para-hydroxylation sites is 1. The van der Waals surface area contributed by atoms with Gasteiger partial charge in [0, 0.05) is 0 Å². The maximum absolute atomic E-state index is 5.41. The molecule has 16 heavy (non-hydrogen) atoms. The highest BCUT2D eigenvalue weighted by Gasteiger charge is 2.07. The van der Waals surface area contributed by atoms with Crippen LogP contribution in [0.2, 0.25) is 0 Å². The van der Waals surface area contributed by atoms with Crippen LogP contribution in [0.15, 0.2) is 42.5 Å². The maximum Gasteiger partial charge on any atom is 0.340 e. The Hall–Kier alpha value is -2.17. The molecule has 2 rings (SSSR count). The third kappa shape index (κ3) is 2.25. The normalized spacial score (nSPS) is 10.8. The lowest BCUT2D eigenvalue weighted by Gasteiger charge is -2.03. The highest BCUT2D eigenvalue weighted by molar-refractivity contribution is 5.31. The molecule has 0 saturated carbocycles. The summed E-state index contributed by atoms with van der Waals surface area (Å²) in [6, 6.07) is 10.0. The molecule has 0 unspecified atom stereocenters. The van der Waals surface area contributed by atoms with Gasteiger partial charge in [0.1, 0.15) is 6.61 Å². The molecule has 82 valence electrons. The average molecular weight is 216 g/mol. The minimum Gasteiger partial charge on any atom is -0.458 e. The number of hydrogen-bond donors (Lipinski definition) is 0. The van der Waals surface area contributed by atoms with Crippen molar-refractivity contribution in [1.82, 2.24) is 20.2 Å². The zero-order chi connectivity index (χ0) is 11.2. The van der Waals surface area contributed by atoms with Crippen LogP contribution in [0.3, 0.4) is 0 Å². The molecule has 0 aliphatic carbocycles. The molecule has 0 amide bonds. The number of ether oxygens (including phenoxy) is 1. The number of hydrogen-bond acceptors (Lipinski definition) is 4. The van der Waals surface area contributed by atoms with Gasteiger partial charge in [-0.1, -0.05) is 35.4 Å². The first-order chi connectivity index (χ1) is 7.92. The van der Waals surface area contributed by atoms with Gasteiger partial charge in [0.2, 0.25) is 0 Å². The van der Waals surface area contributed by atoms with Crippen LogP contribution in [0.25, 0.3) is 5.69 Å². The van der Waals surface area contributed by atoms with E-state index < -0.39 is 0 Å². The van der Waals surface area contributed by atoms with Crippen LogP contribution in [0.5, 0.6) is 6.01 Å². The van der Waals surface area contributed by atoms with E-state index in [9.17, 15) is 0 Å². The van der Waals surface area contributed by atoms with Crippen molar-refractivity contribution in [3.05, 3.63) is 42.5 Å². The number of tetrazole rings is 1. The highest BCUT2D eigenvalue weighted by Crippen LogP contribution is 2.12. The van der Waals surface area contributed by atoms with Crippen LogP contribution >= 0.6 is 0 Å². The summed E-state index contributed by atoms with van der Waals surface area (Å²) in [5.74, 6) is 0. The molecule has 0 fully saturated rings. The van der Waals surface area contributed by atoms with Crippen LogP contribution < -0.4 is 4.74 Å². The minimum atomic E-state index is 0.393. The Morgan fingerprint density at radius 1 is 1.31 bits per heavy atom. The van der Waals surface area contributed by atoms with E-state index in [1.165, 1.54) is 0 Å². The summed E-state index contributed by atoms with van der Waals surface area (Å²) in [6.45, 7) is 2.40. The van der Waals surface area contributed by atoms with E-state index in [1.54, 1.807) is 4.68 Å². The quantitative estimate of drug-likeness (QED) is 0.729. The van der Waals surface area contributed by atoms with Crippen molar-refractivity contribution >= 4 is 0 Å². The van der Waals surface area contributed by atoms with Crippen LogP contribution in [0.1, 0.15) is 6.92 Å². The average Bonchev–Trinajstić information content (AvgIpc) is 2.79. The summed E-state index contributed by atoms with van der Waals surface area (Å²) in [5, 5.41) is 11.3. The monoisotopic (exact) mass is 216 g/mol. The number of rotatable bonds is 4. The van der Waals surface area contributed by atoms with E-state index in [0.717, 1.165) is 5.69 Å². The summed E-state index contributed by atoms with van der Waals surface area (Å²) >= 11 is 0. The molecular formula is C11H12N4O. The zero-order valence-corrected chi connectivity index (χ0v) is 8.95. The second kappa shape index (κ2) is 5.06. The van der Waals surface area contributed by atoms with E-state index in [2.05, 4.69) is 15.5 Å². The zero-order valence-electron chi connectivity index (χ0n) is 8.95. The molecule has 2 aromatic rings. The lowest BCUT2D eigenvalue weighted by molar-refractivity contribution is 0.323. The molecule has 0 radical (unpaired) electrons. The van der Waals surface area contributed by atoms with Crippen LogP contribution in [0, 0.1) is 0 Å². The van der Waals surface area contributed by atoms with Crippen molar-refractivity contribution in [3.63, 3.8) is 0 Å². The molecule has 0 saturated heterocycles. The summed E-state index contributed by atoms with van der Waals surface area (Å²) in [5.41, 5.74) is 0.878. The van der Waals surface area contributed by atoms with Crippen molar-refractivity contribution in [2.75, 3.05) is 6.61 Å². The van der Waals surface area contributed by atoms with Crippen molar-refractivity contribution in [2.24, 2.45) is 0 Å². The van der Waals surface area contributed by atoms with Gasteiger partial charge in [-0.05, 0) is 29.5 Å². The van der Waals surface area contributed by atoms with Gasteiger partial charge in [-0.3, -0.25) is 0 Å². The van der Waals surface area contributed by atoms with E-state index in [-0.39, 0.29) is 0 Å². The Balaban J connectivity index is 2.19. The van der Waals surface area contributed by atoms with Gasteiger partial charge in [-0.2, -0.15) is 4.68 Å². The first-order valence-electron chi connectivity index (χ1n) is 4.99. The fraction of sp³-hybridized carbons (Fsp3) is 0.182. The second-order valence-corrected chi connectivity index (χ2v) is 3.09. The fourth-order valence-electron chi connectivity index (χ4n) is 1.22. The maximum atomic E-state index is 5.41. The third-order valence-corrected chi connectivity index (χ3v) is 1.99. The summed E-state index contributed by atoms with van der Waals surface area (Å²) in [7, 11) is 0. The molecule has 0 spiro atoms. The highest BCUT2D eigenvalue weighted by atomic mass is 16.5. The van der Waals surface area contributed by atoms with Crippen molar-refractivity contribution in [3.8, 4) is 11.7 Å². The van der Waals surface area contributed by atoms with Crippen molar-refractivity contribution < 1.29 is 4.74 Å². The van der Waals surface area contributed by atoms with Crippen LogP contribution in [0.4, 0.5) is 0 Å². The van der Waals surface area contributed by atoms with E-state index in [0.29, 0.717) is 12.6 Å². The first-order valence-corrected chi connectivity index (χ1v) is 4.99. The van der Waals surface area contributed by atoms with Gasteiger partial charge in [0.25, 0.3) is 0 Å². The van der Waals surface area contributed by atoms with Crippen molar-refractivity contribution in [1.29, 1.82) is 0 Å². The molecule has 0 aliphatic rings. The minimum absolute atomic E-state index is 0.393. The predicted octanol–water partition coefficient (Wildman–Crippen LogP) is 1.62. The van der Waals surface area contributed by atoms with E-state index >= 15 is 0 Å². The summed E-state index contributed by atoms with van der Waals surface area (Å²) in [6.07, 6.45) is 3.81. The van der Waals surface area contributed by atoms with Gasteiger partial charge < -0.3 is 4.74 Å². The Morgan fingerprint density at radius 2 is 2.12 bits per heavy atom. The Morgan fingerprint density at radius 3 is 2.88 bits per heavy atom. The summed E-state index contributed by atoms with van der Waals surface area (Å²) in [4.78, 5) is 0. The molecular weight excluding hydrogens is 204 g/mol. The van der Waals surface area contributed by atoms with E-state index in [1.807, 2.05) is 49.4 Å². The number of aromatic nitrogens is 4. The third-order valence-electron chi connectivity index (χ3n) is 1.99. The molecule has 5 heteroatoms. The smallest absolute Gasteiger partial charge is 0.340 e. The second-order valence-electron chi connectivity index (χ2n) is 3.09. The number of benzene rings is 1. The summed E-state index contributed by atoms with van der Waals surface area (Å²) < 4.78 is 6.97. The Kier molecular flexibility index (Phi) is 3.28. The number of nitrogens with zero attached hydrogens (tertiary/aromatic N) is 4. The molecule has 1 aromatic heterocycles. The van der Waals surface area contributed by atoms with Gasteiger partial charge in [0.05, 0.1) is 5.69 Å². The van der Waals surface area contributed by atoms with Gasteiger partial charge in [0.15, 0.2) is 0 Å². The number of allylic oxidation sites excluding steroid dienone is 1. The van der Waals surface area contributed by atoms with Crippen molar-refractivity contribution in [2.45, 2.75) is 6.92 Å². The SMILES string of the molecule is CC=CCOc1nnnn1-c1ccccc1. The van der Waals surface area contributed by atoms with Gasteiger partial charge in [-0.25, -0.2) is 0 Å². The van der Waals surface area contributed by atoms with E-state index in [4.69, 9.17) is 4.74 Å². The van der Waals surface area contributed by atoms with Gasteiger partial charge in [-0.15, -0.1) is 0 Å². The topological polar surface area (TPSA) is 52.8 Å². The molecule has 1 heterocycles. The largest absolute Gasteiger partial charge is 0.458 e. The molecule has 1 aromatic carbocycles. The molecule has 0 atom stereocenters. The fourth-order valence-corrected chi connectivity index (χ4v) is 1.22. The molecule has 5 nitrogen and oxygen atoms in total. The molecule has 0 aliphatic heterocycles. The lowest BCUT2D eigenvalue weighted by Crippen LogP contribution is -2.03. The molecule has 0 bridgehead atoms. The van der Waals surface area contributed by atoms with Crippen LogP contribution in [-0.4, -0.2) is 26.8 Å². The lowest BCUT2D eigenvalue weighted by atomic mass is 10.3. The standard InChI is InChI=1S/C11H12N4O/c1-2-3-9-16-11-12-13-14-15(11)10-7-5-4-6-8-10/h2-8H,9H2,1H3. The van der Waals surface area contributed by atoms with Gasteiger partial charge >= 0.3 is 6.01 Å². The van der Waals surface area contributed by atoms with Crippen LogP contribution in [-0.2, 0) is 0 Å². The Labute approximate surface area is 93.4 Å².